The van der Waals surface area contributed by atoms with Gasteiger partial charge in [-0.1, -0.05) is 0 Å². The van der Waals surface area contributed by atoms with Gasteiger partial charge in [0.05, 0.1) is 6.10 Å². The summed E-state index contributed by atoms with van der Waals surface area (Å²) in [5, 5.41) is 12.1. The first kappa shape index (κ1) is 10.5. The second kappa shape index (κ2) is 4.24. The smallest absolute Gasteiger partial charge is 0.127 e. The Bertz CT molecular complexity index is 350. The van der Waals surface area contributed by atoms with E-state index in [2.05, 4.69) is 5.32 Å². The maximum Gasteiger partial charge on any atom is 0.127 e. The molecule has 0 saturated heterocycles. The summed E-state index contributed by atoms with van der Waals surface area (Å²) < 4.78 is 26.0. The lowest BCUT2D eigenvalue weighted by Gasteiger charge is -2.32. The molecule has 0 radical (unpaired) electrons. The molecule has 1 aromatic carbocycles. The second-order valence-electron chi connectivity index (χ2n) is 3.94. The van der Waals surface area contributed by atoms with Gasteiger partial charge in [-0.2, -0.15) is 0 Å². The molecule has 0 aromatic heterocycles. The van der Waals surface area contributed by atoms with Crippen LogP contribution >= 0.6 is 0 Å². The number of aliphatic hydroxyl groups is 1. The van der Waals surface area contributed by atoms with Crippen molar-refractivity contribution in [3.8, 4) is 0 Å². The monoisotopic (exact) mass is 213 g/mol. The Morgan fingerprint density at radius 2 is 2.07 bits per heavy atom. The van der Waals surface area contributed by atoms with Crippen molar-refractivity contribution in [2.24, 2.45) is 0 Å². The van der Waals surface area contributed by atoms with E-state index in [-0.39, 0.29) is 12.1 Å². The zero-order chi connectivity index (χ0) is 10.8. The predicted octanol–water partition coefficient (Wildman–Crippen LogP) is 1.58. The maximum atomic E-state index is 13.2. The van der Waals surface area contributed by atoms with Crippen LogP contribution in [0.25, 0.3) is 0 Å². The van der Waals surface area contributed by atoms with E-state index in [0.717, 1.165) is 12.1 Å². The van der Waals surface area contributed by atoms with Crippen LogP contribution < -0.4 is 5.32 Å². The summed E-state index contributed by atoms with van der Waals surface area (Å²) in [6.45, 7) is 0.307. The molecule has 1 fully saturated rings. The average Bonchev–Trinajstić information content (AvgIpc) is 2.16. The Hall–Kier alpha value is -1.00. The summed E-state index contributed by atoms with van der Waals surface area (Å²) in [5.74, 6) is -0.828. The number of nitrogens with one attached hydrogen (secondary N) is 1. The molecular formula is C11H13F2NO. The average molecular weight is 213 g/mol. The van der Waals surface area contributed by atoms with Crippen molar-refractivity contribution < 1.29 is 13.9 Å². The lowest BCUT2D eigenvalue weighted by molar-refractivity contribution is 0.0618. The Morgan fingerprint density at radius 3 is 2.73 bits per heavy atom. The molecule has 1 aliphatic carbocycles. The summed E-state index contributed by atoms with van der Waals surface area (Å²) in [4.78, 5) is 0. The van der Waals surface area contributed by atoms with Gasteiger partial charge in [-0.3, -0.25) is 0 Å². The molecule has 0 unspecified atom stereocenters. The van der Waals surface area contributed by atoms with Gasteiger partial charge in [0, 0.05) is 18.2 Å². The highest BCUT2D eigenvalue weighted by atomic mass is 19.1. The van der Waals surface area contributed by atoms with Gasteiger partial charge in [0.15, 0.2) is 0 Å². The van der Waals surface area contributed by atoms with E-state index in [1.165, 1.54) is 6.07 Å². The number of halogens is 2. The van der Waals surface area contributed by atoms with Crippen molar-refractivity contribution in [1.82, 2.24) is 5.32 Å². The van der Waals surface area contributed by atoms with Crippen LogP contribution in [0.1, 0.15) is 18.4 Å². The van der Waals surface area contributed by atoms with Crippen molar-refractivity contribution in [2.75, 3.05) is 0 Å². The van der Waals surface area contributed by atoms with Crippen LogP contribution in [0.15, 0.2) is 18.2 Å². The molecule has 1 saturated carbocycles. The van der Waals surface area contributed by atoms with E-state index >= 15 is 0 Å². The first-order valence-corrected chi connectivity index (χ1v) is 5.00. The Morgan fingerprint density at radius 1 is 1.33 bits per heavy atom. The molecule has 0 atom stereocenters. The van der Waals surface area contributed by atoms with Crippen molar-refractivity contribution in [1.29, 1.82) is 0 Å². The maximum absolute atomic E-state index is 13.2. The van der Waals surface area contributed by atoms with Gasteiger partial charge in [0.2, 0.25) is 0 Å². The van der Waals surface area contributed by atoms with E-state index < -0.39 is 11.6 Å². The van der Waals surface area contributed by atoms with Gasteiger partial charge in [0.1, 0.15) is 11.6 Å². The first-order chi connectivity index (χ1) is 7.15. The van der Waals surface area contributed by atoms with Gasteiger partial charge >= 0.3 is 0 Å². The first-order valence-electron chi connectivity index (χ1n) is 5.00. The van der Waals surface area contributed by atoms with E-state index in [1.54, 1.807) is 0 Å². The standard InChI is InChI=1S/C11H13F2NO/c12-8-1-2-11(13)7(3-8)6-14-9-4-10(15)5-9/h1-3,9-10,14-15H,4-6H2. The molecular weight excluding hydrogens is 200 g/mol. The van der Waals surface area contributed by atoms with E-state index in [1.807, 2.05) is 0 Å². The third-order valence-corrected chi connectivity index (χ3v) is 2.70. The van der Waals surface area contributed by atoms with Crippen LogP contribution in [0.4, 0.5) is 8.78 Å². The van der Waals surface area contributed by atoms with E-state index in [0.29, 0.717) is 24.9 Å². The third-order valence-electron chi connectivity index (χ3n) is 2.70. The predicted molar refractivity (Wildman–Crippen MR) is 52.2 cm³/mol. The zero-order valence-corrected chi connectivity index (χ0v) is 8.21. The molecule has 0 amide bonds. The fourth-order valence-corrected chi connectivity index (χ4v) is 1.69. The van der Waals surface area contributed by atoms with Crippen LogP contribution in [0, 0.1) is 11.6 Å². The number of hydrogen-bond acceptors (Lipinski definition) is 2. The van der Waals surface area contributed by atoms with E-state index in [9.17, 15) is 8.78 Å². The molecule has 15 heavy (non-hydrogen) atoms. The number of rotatable bonds is 3. The molecule has 0 bridgehead atoms. The fourth-order valence-electron chi connectivity index (χ4n) is 1.69. The minimum Gasteiger partial charge on any atom is -0.393 e. The molecule has 0 heterocycles. The van der Waals surface area contributed by atoms with Crippen molar-refractivity contribution >= 4 is 0 Å². The van der Waals surface area contributed by atoms with Gasteiger partial charge in [-0.05, 0) is 31.0 Å². The van der Waals surface area contributed by atoms with Gasteiger partial charge < -0.3 is 10.4 Å². The molecule has 4 heteroatoms. The fraction of sp³-hybridized carbons (Fsp3) is 0.455. The van der Waals surface area contributed by atoms with Crippen LogP contribution in [0.5, 0.6) is 0 Å². The number of benzene rings is 1. The number of hydrogen-bond donors (Lipinski definition) is 2. The molecule has 2 nitrogen and oxygen atoms in total. The quantitative estimate of drug-likeness (QED) is 0.799. The highest BCUT2D eigenvalue weighted by Gasteiger charge is 2.26. The molecule has 1 aliphatic rings. The second-order valence-corrected chi connectivity index (χ2v) is 3.94. The van der Waals surface area contributed by atoms with E-state index in [4.69, 9.17) is 5.11 Å². The van der Waals surface area contributed by atoms with Crippen LogP contribution in [-0.2, 0) is 6.54 Å². The molecule has 82 valence electrons. The minimum absolute atomic E-state index is 0.225. The zero-order valence-electron chi connectivity index (χ0n) is 8.21. The third kappa shape index (κ3) is 2.52. The Balaban J connectivity index is 1.90. The summed E-state index contributed by atoms with van der Waals surface area (Å²) in [6.07, 6.45) is 1.15. The number of aliphatic hydroxyl groups excluding tert-OH is 1. The van der Waals surface area contributed by atoms with Crippen LogP contribution in [0.2, 0.25) is 0 Å². The normalized spacial score (nSPS) is 25.0. The summed E-state index contributed by atoms with van der Waals surface area (Å²) in [5.41, 5.74) is 0.330. The molecule has 2 N–H and O–H groups in total. The summed E-state index contributed by atoms with van der Waals surface area (Å²) in [7, 11) is 0. The summed E-state index contributed by atoms with van der Waals surface area (Å²) >= 11 is 0. The Kier molecular flexibility index (Phi) is 2.98. The van der Waals surface area contributed by atoms with Crippen LogP contribution in [0.3, 0.4) is 0 Å². The van der Waals surface area contributed by atoms with Gasteiger partial charge in [-0.25, -0.2) is 8.78 Å². The summed E-state index contributed by atoms with van der Waals surface area (Å²) in [6, 6.07) is 3.65. The highest BCUT2D eigenvalue weighted by molar-refractivity contribution is 5.18. The highest BCUT2D eigenvalue weighted by Crippen LogP contribution is 2.20. The molecule has 0 aliphatic heterocycles. The SMILES string of the molecule is OC1CC(NCc2cc(F)ccc2F)C1. The Labute approximate surface area is 86.9 Å². The molecule has 0 spiro atoms. The van der Waals surface area contributed by atoms with Gasteiger partial charge in [0.25, 0.3) is 0 Å². The van der Waals surface area contributed by atoms with Crippen LogP contribution in [-0.4, -0.2) is 17.3 Å². The minimum atomic E-state index is -0.429. The van der Waals surface area contributed by atoms with Gasteiger partial charge in [-0.15, -0.1) is 0 Å². The largest absolute Gasteiger partial charge is 0.393 e. The molecule has 2 rings (SSSR count). The lowest BCUT2D eigenvalue weighted by Crippen LogP contribution is -2.43. The lowest BCUT2D eigenvalue weighted by atomic mass is 9.89. The van der Waals surface area contributed by atoms with Crippen molar-refractivity contribution in [2.45, 2.75) is 31.5 Å². The van der Waals surface area contributed by atoms with Crippen molar-refractivity contribution in [3.63, 3.8) is 0 Å². The molecule has 1 aromatic rings. The van der Waals surface area contributed by atoms with Crippen molar-refractivity contribution in [3.05, 3.63) is 35.4 Å². The topological polar surface area (TPSA) is 32.3 Å².